The van der Waals surface area contributed by atoms with Gasteiger partial charge in [-0.3, -0.25) is 0 Å². The lowest BCUT2D eigenvalue weighted by Gasteiger charge is -2.03. The highest BCUT2D eigenvalue weighted by Gasteiger charge is 2.29. The van der Waals surface area contributed by atoms with Gasteiger partial charge < -0.3 is 5.73 Å². The van der Waals surface area contributed by atoms with Crippen molar-refractivity contribution >= 4 is 31.5 Å². The van der Waals surface area contributed by atoms with Gasteiger partial charge in [-0.2, -0.15) is 0 Å². The van der Waals surface area contributed by atoms with E-state index < -0.39 is 9.84 Å². The number of hydrogen-bond acceptors (Lipinski definition) is 3. The van der Waals surface area contributed by atoms with Gasteiger partial charge in [-0.25, -0.2) is 8.42 Å². The van der Waals surface area contributed by atoms with Gasteiger partial charge in [0.2, 0.25) is 0 Å². The van der Waals surface area contributed by atoms with E-state index in [1.165, 1.54) is 0 Å². The predicted molar refractivity (Wildman–Crippen MR) is 54.3 cm³/mol. The average molecular weight is 262 g/mol. The Hall–Kier alpha value is -0.550. The summed E-state index contributed by atoms with van der Waals surface area (Å²) in [5.41, 5.74) is 6.94. The molecule has 0 spiro atoms. The van der Waals surface area contributed by atoms with Gasteiger partial charge >= 0.3 is 0 Å². The highest BCUT2D eigenvalue weighted by molar-refractivity contribution is 9.10. The summed E-state index contributed by atoms with van der Waals surface area (Å²) in [5, 5.41) is 0. The smallest absolute Gasteiger partial charge is 0.180 e. The number of anilines is 1. The topological polar surface area (TPSA) is 60.2 Å². The normalized spacial score (nSPS) is 18.5. The van der Waals surface area contributed by atoms with Crippen LogP contribution in [0.5, 0.6) is 0 Å². The molecule has 0 bridgehead atoms. The molecule has 1 heterocycles. The van der Waals surface area contributed by atoms with Crippen molar-refractivity contribution in [1.82, 2.24) is 0 Å². The van der Waals surface area contributed by atoms with Crippen molar-refractivity contribution in [2.45, 2.75) is 11.3 Å². The third kappa shape index (κ3) is 1.26. The van der Waals surface area contributed by atoms with Crippen LogP contribution in [0.25, 0.3) is 0 Å². The molecule has 0 unspecified atom stereocenters. The average Bonchev–Trinajstić information content (AvgIpc) is 2.35. The summed E-state index contributed by atoms with van der Waals surface area (Å²) in [6, 6.07) is 3.50. The van der Waals surface area contributed by atoms with Crippen molar-refractivity contribution in [3.8, 4) is 0 Å². The molecule has 0 amide bonds. The van der Waals surface area contributed by atoms with Crippen LogP contribution >= 0.6 is 15.9 Å². The monoisotopic (exact) mass is 261 g/mol. The second-order valence-electron chi connectivity index (χ2n) is 3.03. The van der Waals surface area contributed by atoms with E-state index in [1.54, 1.807) is 12.1 Å². The Morgan fingerprint density at radius 3 is 2.77 bits per heavy atom. The van der Waals surface area contributed by atoms with Crippen molar-refractivity contribution in [3.05, 3.63) is 22.2 Å². The Morgan fingerprint density at radius 2 is 2.08 bits per heavy atom. The first-order chi connectivity index (χ1) is 6.02. The zero-order valence-electron chi connectivity index (χ0n) is 6.75. The van der Waals surface area contributed by atoms with E-state index in [4.69, 9.17) is 5.73 Å². The quantitative estimate of drug-likeness (QED) is 0.718. The molecule has 0 saturated carbocycles. The molecule has 0 fully saturated rings. The highest BCUT2D eigenvalue weighted by Crippen LogP contribution is 2.36. The van der Waals surface area contributed by atoms with E-state index in [0.29, 0.717) is 21.5 Å². The molecule has 5 heteroatoms. The number of fused-ring (bicyclic) bond motifs is 1. The van der Waals surface area contributed by atoms with Crippen LogP contribution < -0.4 is 5.73 Å². The first-order valence-corrected chi connectivity index (χ1v) is 6.26. The van der Waals surface area contributed by atoms with Crippen molar-refractivity contribution in [1.29, 1.82) is 0 Å². The maximum absolute atomic E-state index is 11.5. The van der Waals surface area contributed by atoms with E-state index >= 15 is 0 Å². The molecule has 2 rings (SSSR count). The lowest BCUT2D eigenvalue weighted by atomic mass is 10.2. The SMILES string of the molecule is Nc1ccc2c(c1Br)S(=O)(=O)CC2. The molecule has 0 saturated heterocycles. The summed E-state index contributed by atoms with van der Waals surface area (Å²) in [6.07, 6.45) is 0.594. The Labute approximate surface area is 85.0 Å². The lowest BCUT2D eigenvalue weighted by molar-refractivity contribution is 0.599. The summed E-state index contributed by atoms with van der Waals surface area (Å²) in [4.78, 5) is 0.382. The van der Waals surface area contributed by atoms with E-state index in [0.717, 1.165) is 5.56 Å². The third-order valence-corrected chi connectivity index (χ3v) is 5.11. The minimum absolute atomic E-state index is 0.199. The number of rotatable bonds is 0. The van der Waals surface area contributed by atoms with Gasteiger partial charge in [0, 0.05) is 5.69 Å². The van der Waals surface area contributed by atoms with E-state index in [9.17, 15) is 8.42 Å². The molecule has 0 aromatic heterocycles. The molecule has 0 radical (unpaired) electrons. The number of sulfone groups is 1. The van der Waals surface area contributed by atoms with Gasteiger partial charge in [-0.15, -0.1) is 0 Å². The van der Waals surface area contributed by atoms with Gasteiger partial charge in [-0.1, -0.05) is 6.07 Å². The van der Waals surface area contributed by atoms with Crippen LogP contribution in [-0.4, -0.2) is 14.2 Å². The van der Waals surface area contributed by atoms with Crippen LogP contribution in [0.15, 0.2) is 21.5 Å². The molecule has 1 aromatic carbocycles. The minimum Gasteiger partial charge on any atom is -0.398 e. The van der Waals surface area contributed by atoms with Crippen LogP contribution in [0.2, 0.25) is 0 Å². The van der Waals surface area contributed by atoms with E-state index in [2.05, 4.69) is 15.9 Å². The highest BCUT2D eigenvalue weighted by atomic mass is 79.9. The van der Waals surface area contributed by atoms with Crippen LogP contribution in [0, 0.1) is 0 Å². The number of benzene rings is 1. The second kappa shape index (κ2) is 2.72. The molecule has 1 aliphatic rings. The predicted octanol–water partition coefficient (Wildman–Crippen LogP) is 1.36. The minimum atomic E-state index is -3.09. The molecule has 3 nitrogen and oxygen atoms in total. The van der Waals surface area contributed by atoms with Gasteiger partial charge in [-0.05, 0) is 34.0 Å². The Bertz CT molecular complexity index is 467. The first kappa shape index (κ1) is 9.02. The molecule has 1 aromatic rings. The Morgan fingerprint density at radius 1 is 1.38 bits per heavy atom. The Balaban J connectivity index is 2.83. The third-order valence-electron chi connectivity index (χ3n) is 2.16. The number of aryl methyl sites for hydroxylation is 1. The fourth-order valence-electron chi connectivity index (χ4n) is 1.49. The molecule has 1 aliphatic heterocycles. The molecule has 0 aliphatic carbocycles. The van der Waals surface area contributed by atoms with Crippen LogP contribution in [0.4, 0.5) is 5.69 Å². The number of halogens is 1. The fraction of sp³-hybridized carbons (Fsp3) is 0.250. The fourth-order valence-corrected chi connectivity index (χ4v) is 4.27. The number of nitrogen functional groups attached to an aromatic ring is 1. The first-order valence-electron chi connectivity index (χ1n) is 3.82. The molecule has 0 atom stereocenters. The summed E-state index contributed by atoms with van der Waals surface area (Å²) >= 11 is 3.20. The lowest BCUT2D eigenvalue weighted by Crippen LogP contribution is -2.01. The maximum atomic E-state index is 11.5. The summed E-state index contributed by atoms with van der Waals surface area (Å²) in [5.74, 6) is 0.199. The number of nitrogens with two attached hydrogens (primary N) is 1. The van der Waals surface area contributed by atoms with Crippen molar-refractivity contribution in [2.75, 3.05) is 11.5 Å². The van der Waals surface area contributed by atoms with Gasteiger partial charge in [0.15, 0.2) is 9.84 Å². The van der Waals surface area contributed by atoms with E-state index in [1.807, 2.05) is 0 Å². The molecular formula is C8H8BrNO2S. The standard InChI is InChI=1S/C8H8BrNO2S/c9-7-6(10)2-1-5-3-4-13(11,12)8(5)7/h1-2H,3-4,10H2. The molecule has 13 heavy (non-hydrogen) atoms. The zero-order chi connectivity index (χ0) is 9.64. The summed E-state index contributed by atoms with van der Waals surface area (Å²) < 4.78 is 23.6. The number of hydrogen-bond donors (Lipinski definition) is 1. The van der Waals surface area contributed by atoms with Gasteiger partial charge in [0.25, 0.3) is 0 Å². The molecule has 70 valence electrons. The zero-order valence-corrected chi connectivity index (χ0v) is 9.15. The molecule has 2 N–H and O–H groups in total. The van der Waals surface area contributed by atoms with Crippen molar-refractivity contribution in [3.63, 3.8) is 0 Å². The summed E-state index contributed by atoms with van der Waals surface area (Å²) in [7, 11) is -3.09. The van der Waals surface area contributed by atoms with Gasteiger partial charge in [0.05, 0.1) is 15.1 Å². The molecular weight excluding hydrogens is 254 g/mol. The second-order valence-corrected chi connectivity index (χ2v) is 5.86. The van der Waals surface area contributed by atoms with Crippen LogP contribution in [0.3, 0.4) is 0 Å². The van der Waals surface area contributed by atoms with Crippen LogP contribution in [-0.2, 0) is 16.3 Å². The van der Waals surface area contributed by atoms with E-state index in [-0.39, 0.29) is 5.75 Å². The maximum Gasteiger partial charge on any atom is 0.180 e. The van der Waals surface area contributed by atoms with Gasteiger partial charge in [0.1, 0.15) is 0 Å². The van der Waals surface area contributed by atoms with Crippen LogP contribution in [0.1, 0.15) is 5.56 Å². The van der Waals surface area contributed by atoms with Crippen molar-refractivity contribution < 1.29 is 8.42 Å². The van der Waals surface area contributed by atoms with Crippen molar-refractivity contribution in [2.24, 2.45) is 0 Å². The largest absolute Gasteiger partial charge is 0.398 e. The Kier molecular flexibility index (Phi) is 1.89. The summed E-state index contributed by atoms with van der Waals surface area (Å²) in [6.45, 7) is 0.